The topological polar surface area (TPSA) is 37.8 Å². The van der Waals surface area contributed by atoms with Crippen molar-refractivity contribution >= 4 is 5.69 Å². The number of aromatic nitrogens is 2. The Balaban J connectivity index is 2.21. The van der Waals surface area contributed by atoms with Crippen molar-refractivity contribution in [3.63, 3.8) is 0 Å². The quantitative estimate of drug-likeness (QED) is 0.900. The number of anilines is 1. The lowest BCUT2D eigenvalue weighted by atomic mass is 10.1. The van der Waals surface area contributed by atoms with Crippen LogP contribution in [0.1, 0.15) is 29.9 Å². The summed E-state index contributed by atoms with van der Waals surface area (Å²) in [7, 11) is 0. The Labute approximate surface area is 106 Å². The Hall–Kier alpha value is -1.97. The molecule has 2 rings (SSSR count). The summed E-state index contributed by atoms with van der Waals surface area (Å²) in [5.74, 6) is -0.236. The molecule has 0 bridgehead atoms. The summed E-state index contributed by atoms with van der Waals surface area (Å²) in [5, 5.41) is 3.24. The molecular formula is C14H16FN3. The van der Waals surface area contributed by atoms with Gasteiger partial charge in [-0.1, -0.05) is 0 Å². The van der Waals surface area contributed by atoms with E-state index in [4.69, 9.17) is 0 Å². The molecule has 4 heteroatoms. The highest BCUT2D eigenvalue weighted by Crippen LogP contribution is 2.20. The molecule has 3 nitrogen and oxygen atoms in total. The Bertz CT molecular complexity index is 534. The first-order valence-electron chi connectivity index (χ1n) is 5.87. The lowest BCUT2D eigenvalue weighted by molar-refractivity contribution is 0.626. The summed E-state index contributed by atoms with van der Waals surface area (Å²) in [5.41, 5.74) is 3.40. The summed E-state index contributed by atoms with van der Waals surface area (Å²) < 4.78 is 13.3. The van der Waals surface area contributed by atoms with E-state index in [0.29, 0.717) is 0 Å². The Morgan fingerprint density at radius 1 is 1.11 bits per heavy atom. The van der Waals surface area contributed by atoms with Gasteiger partial charge in [0.2, 0.25) is 0 Å². The Morgan fingerprint density at radius 2 is 1.83 bits per heavy atom. The monoisotopic (exact) mass is 245 g/mol. The molecule has 0 aliphatic carbocycles. The summed E-state index contributed by atoms with van der Waals surface area (Å²) >= 11 is 0. The minimum absolute atomic E-state index is 0.0140. The molecule has 0 fully saturated rings. The number of aryl methyl sites for hydroxylation is 2. The third kappa shape index (κ3) is 2.83. The second kappa shape index (κ2) is 5.12. The number of halogens is 1. The van der Waals surface area contributed by atoms with E-state index in [1.54, 1.807) is 12.4 Å². The average molecular weight is 245 g/mol. The minimum atomic E-state index is -0.236. The molecule has 1 unspecified atom stereocenters. The number of nitrogens with one attached hydrogen (secondary N) is 1. The number of hydrogen-bond acceptors (Lipinski definition) is 3. The first-order valence-corrected chi connectivity index (χ1v) is 5.87. The maximum Gasteiger partial charge on any atom is 0.125 e. The van der Waals surface area contributed by atoms with Gasteiger partial charge >= 0.3 is 0 Å². The molecule has 1 heterocycles. The van der Waals surface area contributed by atoms with Crippen molar-refractivity contribution in [3.05, 3.63) is 53.4 Å². The fraction of sp³-hybridized carbons (Fsp3) is 0.286. The highest BCUT2D eigenvalue weighted by Gasteiger charge is 2.10. The number of benzene rings is 1. The Kier molecular flexibility index (Phi) is 3.55. The molecule has 0 amide bonds. The van der Waals surface area contributed by atoms with Crippen LogP contribution in [0.5, 0.6) is 0 Å². The zero-order chi connectivity index (χ0) is 13.1. The van der Waals surface area contributed by atoms with E-state index >= 15 is 0 Å². The summed E-state index contributed by atoms with van der Waals surface area (Å²) in [6.07, 6.45) is 3.33. The van der Waals surface area contributed by atoms with Crippen LogP contribution >= 0.6 is 0 Å². The maximum absolute atomic E-state index is 13.3. The van der Waals surface area contributed by atoms with Crippen LogP contribution in [0.2, 0.25) is 0 Å². The smallest absolute Gasteiger partial charge is 0.125 e. The fourth-order valence-corrected chi connectivity index (χ4v) is 1.98. The number of rotatable bonds is 3. The van der Waals surface area contributed by atoms with Gasteiger partial charge in [-0.3, -0.25) is 9.97 Å². The van der Waals surface area contributed by atoms with Crippen LogP contribution in [0, 0.1) is 19.7 Å². The molecule has 0 aliphatic heterocycles. The second-order valence-corrected chi connectivity index (χ2v) is 4.41. The predicted octanol–water partition coefficient (Wildman–Crippen LogP) is 3.41. The number of hydrogen-bond donors (Lipinski definition) is 1. The van der Waals surface area contributed by atoms with Crippen molar-refractivity contribution in [2.75, 3.05) is 5.32 Å². The normalized spacial score (nSPS) is 12.2. The zero-order valence-corrected chi connectivity index (χ0v) is 10.7. The van der Waals surface area contributed by atoms with Crippen LogP contribution in [0.4, 0.5) is 10.1 Å². The van der Waals surface area contributed by atoms with E-state index in [-0.39, 0.29) is 11.9 Å². The first-order chi connectivity index (χ1) is 8.56. The van der Waals surface area contributed by atoms with Crippen LogP contribution < -0.4 is 5.32 Å². The van der Waals surface area contributed by atoms with E-state index in [2.05, 4.69) is 15.3 Å². The van der Waals surface area contributed by atoms with Crippen molar-refractivity contribution in [2.24, 2.45) is 0 Å². The third-order valence-electron chi connectivity index (χ3n) is 2.75. The van der Waals surface area contributed by atoms with Crippen LogP contribution in [-0.4, -0.2) is 9.97 Å². The molecule has 1 aromatic carbocycles. The predicted molar refractivity (Wildman–Crippen MR) is 69.9 cm³/mol. The van der Waals surface area contributed by atoms with Crippen LogP contribution in [0.15, 0.2) is 30.6 Å². The SMILES string of the molecule is Cc1cc(F)cc(NC(C)c2nccnc2C)c1. The van der Waals surface area contributed by atoms with Crippen molar-refractivity contribution in [1.29, 1.82) is 0 Å². The highest BCUT2D eigenvalue weighted by molar-refractivity contribution is 5.47. The fourth-order valence-electron chi connectivity index (χ4n) is 1.98. The van der Waals surface area contributed by atoms with Gasteiger partial charge in [0.05, 0.1) is 17.4 Å². The third-order valence-corrected chi connectivity index (χ3v) is 2.75. The van der Waals surface area contributed by atoms with E-state index < -0.39 is 0 Å². The number of nitrogens with zero attached hydrogens (tertiary/aromatic N) is 2. The van der Waals surface area contributed by atoms with Crippen molar-refractivity contribution < 1.29 is 4.39 Å². The molecule has 1 N–H and O–H groups in total. The van der Waals surface area contributed by atoms with Gasteiger partial charge in [-0.15, -0.1) is 0 Å². The van der Waals surface area contributed by atoms with Gasteiger partial charge in [-0.25, -0.2) is 4.39 Å². The standard InChI is InChI=1S/C14H16FN3/c1-9-6-12(15)8-13(7-9)18-11(3)14-10(2)16-4-5-17-14/h4-8,11,18H,1-3H3. The van der Waals surface area contributed by atoms with Crippen molar-refractivity contribution in [1.82, 2.24) is 9.97 Å². The lowest BCUT2D eigenvalue weighted by Gasteiger charge is -2.16. The summed E-state index contributed by atoms with van der Waals surface area (Å²) in [4.78, 5) is 8.50. The van der Waals surface area contributed by atoms with Gasteiger partial charge in [-0.2, -0.15) is 0 Å². The summed E-state index contributed by atoms with van der Waals surface area (Å²) in [6, 6.07) is 4.88. The molecule has 1 aromatic heterocycles. The van der Waals surface area contributed by atoms with Crippen molar-refractivity contribution in [2.45, 2.75) is 26.8 Å². The van der Waals surface area contributed by atoms with E-state index in [0.717, 1.165) is 22.6 Å². The first kappa shape index (κ1) is 12.5. The average Bonchev–Trinajstić information content (AvgIpc) is 2.27. The van der Waals surface area contributed by atoms with Crippen LogP contribution in [0.25, 0.3) is 0 Å². The maximum atomic E-state index is 13.3. The molecule has 94 valence electrons. The minimum Gasteiger partial charge on any atom is -0.377 e. The molecule has 0 saturated carbocycles. The molecule has 0 aliphatic rings. The molecule has 1 atom stereocenters. The van der Waals surface area contributed by atoms with E-state index in [9.17, 15) is 4.39 Å². The van der Waals surface area contributed by atoms with Crippen LogP contribution in [0.3, 0.4) is 0 Å². The van der Waals surface area contributed by atoms with E-state index in [1.165, 1.54) is 12.1 Å². The van der Waals surface area contributed by atoms with Gasteiger partial charge in [0.25, 0.3) is 0 Å². The largest absolute Gasteiger partial charge is 0.377 e. The molecular weight excluding hydrogens is 229 g/mol. The van der Waals surface area contributed by atoms with Crippen molar-refractivity contribution in [3.8, 4) is 0 Å². The van der Waals surface area contributed by atoms with Gasteiger partial charge in [0.15, 0.2) is 0 Å². The highest BCUT2D eigenvalue weighted by atomic mass is 19.1. The Morgan fingerprint density at radius 3 is 2.50 bits per heavy atom. The van der Waals surface area contributed by atoms with Gasteiger partial charge < -0.3 is 5.32 Å². The van der Waals surface area contributed by atoms with Gasteiger partial charge in [0, 0.05) is 18.1 Å². The molecule has 0 radical (unpaired) electrons. The molecule has 18 heavy (non-hydrogen) atoms. The van der Waals surface area contributed by atoms with E-state index in [1.807, 2.05) is 26.8 Å². The second-order valence-electron chi connectivity index (χ2n) is 4.41. The van der Waals surface area contributed by atoms with Gasteiger partial charge in [0.1, 0.15) is 5.82 Å². The zero-order valence-electron chi connectivity index (χ0n) is 10.7. The molecule has 2 aromatic rings. The van der Waals surface area contributed by atoms with Crippen LogP contribution in [-0.2, 0) is 0 Å². The molecule has 0 spiro atoms. The summed E-state index contributed by atoms with van der Waals surface area (Å²) in [6.45, 7) is 5.76. The lowest BCUT2D eigenvalue weighted by Crippen LogP contribution is -2.11. The van der Waals surface area contributed by atoms with Gasteiger partial charge in [-0.05, 0) is 44.5 Å². The molecule has 0 saturated heterocycles.